The lowest BCUT2D eigenvalue weighted by atomic mass is 9.89. The fraction of sp³-hybridized carbons (Fsp3) is 0.562. The van der Waals surface area contributed by atoms with E-state index in [2.05, 4.69) is 5.32 Å². The van der Waals surface area contributed by atoms with Gasteiger partial charge in [0.2, 0.25) is 0 Å². The predicted octanol–water partition coefficient (Wildman–Crippen LogP) is 3.08. The fourth-order valence-electron chi connectivity index (χ4n) is 3.47. The highest BCUT2D eigenvalue weighted by Gasteiger charge is 2.31. The molecule has 1 N–H and O–H groups in total. The van der Waals surface area contributed by atoms with Crippen LogP contribution in [0, 0.1) is 11.7 Å². The smallest absolute Gasteiger partial charge is 0.256 e. The van der Waals surface area contributed by atoms with E-state index >= 15 is 0 Å². The number of halogens is 2. The summed E-state index contributed by atoms with van der Waals surface area (Å²) in [7, 11) is 0. The summed E-state index contributed by atoms with van der Waals surface area (Å²) in [6.07, 6.45) is 4.51. The molecule has 0 spiro atoms. The molecule has 0 aromatic heterocycles. The number of nitrogens with zero attached hydrogens (tertiary/aromatic N) is 1. The summed E-state index contributed by atoms with van der Waals surface area (Å²) in [5.41, 5.74) is 0.0857. The average Bonchev–Trinajstić information content (AvgIpc) is 3.03. The van der Waals surface area contributed by atoms with Gasteiger partial charge in [-0.15, -0.1) is 0 Å². The Morgan fingerprint density at radius 1 is 1.33 bits per heavy atom. The highest BCUT2D eigenvalue weighted by atomic mass is 35.5. The number of nitrogens with one attached hydrogen (secondary N) is 1. The molecule has 114 valence electrons. The molecule has 2 unspecified atom stereocenters. The fourth-order valence-corrected chi connectivity index (χ4v) is 3.64. The number of carbonyl (C=O) groups is 1. The van der Waals surface area contributed by atoms with Crippen molar-refractivity contribution in [2.24, 2.45) is 5.92 Å². The number of benzene rings is 1. The zero-order valence-corrected chi connectivity index (χ0v) is 12.7. The van der Waals surface area contributed by atoms with Crippen LogP contribution in [-0.2, 0) is 0 Å². The quantitative estimate of drug-likeness (QED) is 0.910. The van der Waals surface area contributed by atoms with Crippen LogP contribution in [0.3, 0.4) is 0 Å². The van der Waals surface area contributed by atoms with E-state index in [4.69, 9.17) is 11.6 Å². The summed E-state index contributed by atoms with van der Waals surface area (Å²) < 4.78 is 13.9. The van der Waals surface area contributed by atoms with E-state index in [0.717, 1.165) is 19.4 Å². The molecule has 21 heavy (non-hydrogen) atoms. The lowest BCUT2D eigenvalue weighted by Crippen LogP contribution is -2.46. The van der Waals surface area contributed by atoms with Gasteiger partial charge >= 0.3 is 0 Å². The Kier molecular flexibility index (Phi) is 4.45. The van der Waals surface area contributed by atoms with Crippen LogP contribution < -0.4 is 5.32 Å². The third-order valence-electron chi connectivity index (χ3n) is 4.57. The molecule has 1 amide bonds. The first-order valence-corrected chi connectivity index (χ1v) is 8.00. The lowest BCUT2D eigenvalue weighted by molar-refractivity contribution is 0.0646. The van der Waals surface area contributed by atoms with E-state index < -0.39 is 5.82 Å². The second-order valence-corrected chi connectivity index (χ2v) is 6.42. The van der Waals surface area contributed by atoms with Gasteiger partial charge in [-0.2, -0.15) is 0 Å². The highest BCUT2D eigenvalue weighted by molar-refractivity contribution is 6.31. The summed E-state index contributed by atoms with van der Waals surface area (Å²) >= 11 is 5.88. The Balaban J connectivity index is 1.73. The van der Waals surface area contributed by atoms with E-state index in [9.17, 15) is 9.18 Å². The van der Waals surface area contributed by atoms with Gasteiger partial charge < -0.3 is 10.2 Å². The molecule has 5 heteroatoms. The molecule has 0 radical (unpaired) electrons. The van der Waals surface area contributed by atoms with E-state index in [1.54, 1.807) is 4.90 Å². The van der Waals surface area contributed by atoms with Gasteiger partial charge in [-0.3, -0.25) is 4.79 Å². The van der Waals surface area contributed by atoms with Crippen molar-refractivity contribution in [3.8, 4) is 0 Å². The van der Waals surface area contributed by atoms with Gasteiger partial charge in [0.15, 0.2) is 0 Å². The first kappa shape index (κ1) is 14.8. The number of piperidine rings is 1. The standard InChI is InChI=1S/C16H20ClFN2O/c17-12-5-6-14(18)13(9-12)16(21)20-8-2-3-11(10-20)15-4-1-7-19-15/h5-6,9,11,15,19H,1-4,7-8,10H2. The van der Waals surface area contributed by atoms with Gasteiger partial charge in [0.05, 0.1) is 5.56 Å². The number of hydrogen-bond donors (Lipinski definition) is 1. The van der Waals surface area contributed by atoms with Crippen molar-refractivity contribution in [1.29, 1.82) is 0 Å². The largest absolute Gasteiger partial charge is 0.338 e. The van der Waals surface area contributed by atoms with Gasteiger partial charge in [-0.25, -0.2) is 4.39 Å². The molecule has 2 saturated heterocycles. The maximum Gasteiger partial charge on any atom is 0.256 e. The molecule has 2 heterocycles. The molecule has 2 aliphatic rings. The van der Waals surface area contributed by atoms with E-state index in [1.807, 2.05) is 0 Å². The normalized spacial score (nSPS) is 26.1. The van der Waals surface area contributed by atoms with E-state index in [1.165, 1.54) is 31.0 Å². The Labute approximate surface area is 129 Å². The minimum absolute atomic E-state index is 0.0857. The van der Waals surface area contributed by atoms with Gasteiger partial charge in [0, 0.05) is 24.2 Å². The maximum atomic E-state index is 13.9. The summed E-state index contributed by atoms with van der Waals surface area (Å²) in [6, 6.07) is 4.66. The Bertz CT molecular complexity index is 531. The summed E-state index contributed by atoms with van der Waals surface area (Å²) in [6.45, 7) is 2.48. The van der Waals surface area contributed by atoms with Gasteiger partial charge in [0.1, 0.15) is 5.82 Å². The number of hydrogen-bond acceptors (Lipinski definition) is 2. The van der Waals surface area contributed by atoms with Crippen LogP contribution in [0.5, 0.6) is 0 Å². The summed E-state index contributed by atoms with van der Waals surface area (Å²) in [4.78, 5) is 14.3. The lowest BCUT2D eigenvalue weighted by Gasteiger charge is -2.36. The minimum atomic E-state index is -0.495. The van der Waals surface area contributed by atoms with E-state index in [-0.39, 0.29) is 11.5 Å². The molecular formula is C16H20ClFN2O. The van der Waals surface area contributed by atoms with Gasteiger partial charge in [-0.1, -0.05) is 11.6 Å². The first-order valence-electron chi connectivity index (χ1n) is 7.63. The van der Waals surface area contributed by atoms with Crippen LogP contribution in [-0.4, -0.2) is 36.5 Å². The molecule has 1 aromatic rings. The topological polar surface area (TPSA) is 32.3 Å². The number of rotatable bonds is 2. The van der Waals surface area contributed by atoms with Crippen molar-refractivity contribution in [1.82, 2.24) is 10.2 Å². The Hall–Kier alpha value is -1.13. The zero-order chi connectivity index (χ0) is 14.8. The number of amides is 1. The van der Waals surface area contributed by atoms with Crippen molar-refractivity contribution < 1.29 is 9.18 Å². The molecule has 1 aromatic carbocycles. The van der Waals surface area contributed by atoms with Crippen molar-refractivity contribution in [2.75, 3.05) is 19.6 Å². The summed E-state index contributed by atoms with van der Waals surface area (Å²) in [5, 5.41) is 3.91. The van der Waals surface area contributed by atoms with Crippen molar-refractivity contribution >= 4 is 17.5 Å². The molecule has 0 saturated carbocycles. The van der Waals surface area contributed by atoms with Crippen LogP contribution in [0.2, 0.25) is 5.02 Å². The van der Waals surface area contributed by atoms with Crippen LogP contribution in [0.4, 0.5) is 4.39 Å². The third kappa shape index (κ3) is 3.22. The highest BCUT2D eigenvalue weighted by Crippen LogP contribution is 2.26. The molecule has 0 aliphatic carbocycles. The monoisotopic (exact) mass is 310 g/mol. The number of carbonyl (C=O) groups excluding carboxylic acids is 1. The Morgan fingerprint density at radius 2 is 2.19 bits per heavy atom. The predicted molar refractivity (Wildman–Crippen MR) is 81.1 cm³/mol. The Morgan fingerprint density at radius 3 is 2.95 bits per heavy atom. The van der Waals surface area contributed by atoms with Crippen LogP contribution in [0.25, 0.3) is 0 Å². The maximum absolute atomic E-state index is 13.9. The van der Waals surface area contributed by atoms with Crippen LogP contribution in [0.15, 0.2) is 18.2 Å². The van der Waals surface area contributed by atoms with Crippen molar-refractivity contribution in [2.45, 2.75) is 31.7 Å². The van der Waals surface area contributed by atoms with Crippen LogP contribution in [0.1, 0.15) is 36.0 Å². The minimum Gasteiger partial charge on any atom is -0.338 e. The average molecular weight is 311 g/mol. The van der Waals surface area contributed by atoms with E-state index in [0.29, 0.717) is 30.1 Å². The zero-order valence-electron chi connectivity index (χ0n) is 11.9. The first-order chi connectivity index (χ1) is 10.1. The molecule has 2 fully saturated rings. The molecule has 0 bridgehead atoms. The SMILES string of the molecule is O=C(c1cc(Cl)ccc1F)N1CCCC(C2CCCN2)C1. The molecular weight excluding hydrogens is 291 g/mol. The van der Waals surface area contributed by atoms with Crippen molar-refractivity contribution in [3.63, 3.8) is 0 Å². The molecule has 2 aliphatic heterocycles. The van der Waals surface area contributed by atoms with Gasteiger partial charge in [0.25, 0.3) is 5.91 Å². The van der Waals surface area contributed by atoms with Crippen molar-refractivity contribution in [3.05, 3.63) is 34.6 Å². The third-order valence-corrected chi connectivity index (χ3v) is 4.81. The van der Waals surface area contributed by atoms with Gasteiger partial charge in [-0.05, 0) is 56.3 Å². The molecule has 3 nitrogen and oxygen atoms in total. The molecule has 2 atom stereocenters. The van der Waals surface area contributed by atoms with Crippen LogP contribution >= 0.6 is 11.6 Å². The second kappa shape index (κ2) is 6.32. The number of likely N-dealkylation sites (tertiary alicyclic amines) is 1. The second-order valence-electron chi connectivity index (χ2n) is 5.98. The summed E-state index contributed by atoms with van der Waals surface area (Å²) in [5.74, 6) is -0.254. The molecule has 3 rings (SSSR count).